The van der Waals surface area contributed by atoms with E-state index in [4.69, 9.17) is 0 Å². The summed E-state index contributed by atoms with van der Waals surface area (Å²) in [4.78, 5) is 25.0. The van der Waals surface area contributed by atoms with Crippen molar-refractivity contribution in [1.82, 2.24) is 15.2 Å². The normalized spacial score (nSPS) is 12.8. The number of aromatic nitrogens is 1. The molecule has 8 heteroatoms. The second kappa shape index (κ2) is 14.1. The number of benzene rings is 3. The van der Waals surface area contributed by atoms with Gasteiger partial charge < -0.3 is 20.3 Å². The molecule has 0 bridgehead atoms. The standard InChI is InChI=1S/C33H37F2N3O3/c1-3-5-11-38-20-26(21-39)29-10-9-25(16-31(29)38)33(41)37-30(15-24-13-27(34)17-28(35)14-24)32(40)19-36-18-23-8-6-7-22(4-2)12-23/h6-10,12-14,16-17,20-21,30,32,36,40H,3-5,11,15,18-19H2,1-2H3,(H,37,41)/t30-,32+/m0/s1. The minimum Gasteiger partial charge on any atom is -0.390 e. The molecule has 0 saturated carbocycles. The van der Waals surface area contributed by atoms with Gasteiger partial charge in [0.15, 0.2) is 6.29 Å². The van der Waals surface area contributed by atoms with Crippen molar-refractivity contribution in [3.05, 3.63) is 106 Å². The summed E-state index contributed by atoms with van der Waals surface area (Å²) in [5.74, 6) is -1.88. The second-order valence-corrected chi connectivity index (χ2v) is 10.4. The second-order valence-electron chi connectivity index (χ2n) is 10.4. The number of carbonyl (C=O) groups is 2. The van der Waals surface area contributed by atoms with Gasteiger partial charge in [0.25, 0.3) is 5.91 Å². The number of aliphatic hydroxyl groups excluding tert-OH is 1. The first-order chi connectivity index (χ1) is 19.8. The predicted molar refractivity (Wildman–Crippen MR) is 157 cm³/mol. The van der Waals surface area contributed by atoms with Crippen LogP contribution in [0.1, 0.15) is 64.1 Å². The van der Waals surface area contributed by atoms with Crippen molar-refractivity contribution in [1.29, 1.82) is 0 Å². The number of aryl methyl sites for hydroxylation is 2. The van der Waals surface area contributed by atoms with Crippen molar-refractivity contribution >= 4 is 23.1 Å². The van der Waals surface area contributed by atoms with Gasteiger partial charge in [0, 0.05) is 53.9 Å². The van der Waals surface area contributed by atoms with Gasteiger partial charge in [-0.25, -0.2) is 8.78 Å². The molecule has 1 heterocycles. The van der Waals surface area contributed by atoms with Crippen LogP contribution in [0.25, 0.3) is 10.9 Å². The zero-order valence-corrected chi connectivity index (χ0v) is 23.5. The Hall–Kier alpha value is -3.88. The van der Waals surface area contributed by atoms with E-state index < -0.39 is 29.7 Å². The zero-order valence-electron chi connectivity index (χ0n) is 23.5. The molecule has 4 rings (SSSR count). The van der Waals surface area contributed by atoms with Crippen LogP contribution in [0.5, 0.6) is 0 Å². The fraction of sp³-hybridized carbons (Fsp3) is 0.333. The highest BCUT2D eigenvalue weighted by Gasteiger charge is 2.24. The maximum atomic E-state index is 13.9. The average molecular weight is 562 g/mol. The molecule has 3 N–H and O–H groups in total. The first-order valence-corrected chi connectivity index (χ1v) is 14.1. The summed E-state index contributed by atoms with van der Waals surface area (Å²) in [6.45, 7) is 5.55. The SMILES string of the molecule is CCCCn1cc(C=O)c2ccc(C(=O)N[C@@H](Cc3cc(F)cc(F)c3)[C@H](O)CNCc3cccc(CC)c3)cc21. The lowest BCUT2D eigenvalue weighted by Gasteiger charge is -2.25. The lowest BCUT2D eigenvalue weighted by molar-refractivity contribution is 0.0830. The molecule has 4 aromatic rings. The van der Waals surface area contributed by atoms with E-state index in [-0.39, 0.29) is 13.0 Å². The Morgan fingerprint density at radius 3 is 2.46 bits per heavy atom. The Kier molecular flexibility index (Phi) is 10.4. The molecule has 6 nitrogen and oxygen atoms in total. The summed E-state index contributed by atoms with van der Waals surface area (Å²) < 4.78 is 29.8. The van der Waals surface area contributed by atoms with Crippen molar-refractivity contribution in [2.45, 2.75) is 64.8 Å². The Bertz CT molecular complexity index is 1480. The van der Waals surface area contributed by atoms with Crippen LogP contribution >= 0.6 is 0 Å². The average Bonchev–Trinajstić information content (AvgIpc) is 3.32. The molecule has 0 spiro atoms. The molecule has 1 amide bonds. The molecule has 0 unspecified atom stereocenters. The summed E-state index contributed by atoms with van der Waals surface area (Å²) in [5, 5.41) is 18.0. The number of unbranched alkanes of at least 4 members (excludes halogenated alkanes) is 1. The van der Waals surface area contributed by atoms with Crippen LogP contribution in [0.4, 0.5) is 8.78 Å². The fourth-order valence-corrected chi connectivity index (χ4v) is 5.05. The molecule has 0 saturated heterocycles. The van der Waals surface area contributed by atoms with E-state index >= 15 is 0 Å². The van der Waals surface area contributed by atoms with Crippen LogP contribution in [0.3, 0.4) is 0 Å². The van der Waals surface area contributed by atoms with Crippen molar-refractivity contribution < 1.29 is 23.5 Å². The highest BCUT2D eigenvalue weighted by Crippen LogP contribution is 2.23. The van der Waals surface area contributed by atoms with E-state index in [9.17, 15) is 23.5 Å². The Balaban J connectivity index is 1.54. The Morgan fingerprint density at radius 2 is 1.76 bits per heavy atom. The van der Waals surface area contributed by atoms with Gasteiger partial charge in [0.05, 0.1) is 12.1 Å². The lowest BCUT2D eigenvalue weighted by atomic mass is 9.99. The highest BCUT2D eigenvalue weighted by atomic mass is 19.1. The van der Waals surface area contributed by atoms with Gasteiger partial charge in [-0.1, -0.05) is 50.6 Å². The number of fused-ring (bicyclic) bond motifs is 1. The van der Waals surface area contributed by atoms with Gasteiger partial charge in [0.1, 0.15) is 11.6 Å². The van der Waals surface area contributed by atoms with Crippen LogP contribution in [0.15, 0.2) is 66.9 Å². The quantitative estimate of drug-likeness (QED) is 0.175. The Labute approximate surface area is 239 Å². The van der Waals surface area contributed by atoms with E-state index in [1.54, 1.807) is 24.4 Å². The number of rotatable bonds is 14. The van der Waals surface area contributed by atoms with Crippen molar-refractivity contribution in [2.75, 3.05) is 6.54 Å². The van der Waals surface area contributed by atoms with Gasteiger partial charge in [0.2, 0.25) is 0 Å². The van der Waals surface area contributed by atoms with Crippen molar-refractivity contribution in [3.63, 3.8) is 0 Å². The van der Waals surface area contributed by atoms with E-state index in [1.807, 2.05) is 16.7 Å². The summed E-state index contributed by atoms with van der Waals surface area (Å²) in [6.07, 6.45) is 4.40. The molecule has 0 radical (unpaired) electrons. The minimum absolute atomic E-state index is 0.0268. The monoisotopic (exact) mass is 561 g/mol. The number of nitrogens with one attached hydrogen (secondary N) is 2. The first kappa shape index (κ1) is 30.1. The number of hydrogen-bond acceptors (Lipinski definition) is 4. The molecule has 0 aliphatic rings. The van der Waals surface area contributed by atoms with Gasteiger partial charge in [-0.15, -0.1) is 0 Å². The zero-order chi connectivity index (χ0) is 29.4. The highest BCUT2D eigenvalue weighted by molar-refractivity contribution is 6.02. The van der Waals surface area contributed by atoms with Gasteiger partial charge in [-0.3, -0.25) is 9.59 Å². The van der Waals surface area contributed by atoms with Crippen LogP contribution < -0.4 is 10.6 Å². The number of aliphatic hydroxyl groups is 1. The third kappa shape index (κ3) is 7.86. The smallest absolute Gasteiger partial charge is 0.251 e. The molecule has 1 aromatic heterocycles. The van der Waals surface area contributed by atoms with Crippen LogP contribution in [-0.4, -0.2) is 40.6 Å². The topological polar surface area (TPSA) is 83.4 Å². The number of hydrogen-bond donors (Lipinski definition) is 3. The summed E-state index contributed by atoms with van der Waals surface area (Å²) in [6, 6.07) is 15.6. The number of halogens is 2. The van der Waals surface area contributed by atoms with E-state index in [2.05, 4.69) is 36.6 Å². The number of aldehydes is 1. The van der Waals surface area contributed by atoms with Crippen LogP contribution in [0, 0.1) is 11.6 Å². The predicted octanol–water partition coefficient (Wildman–Crippen LogP) is 5.59. The van der Waals surface area contributed by atoms with E-state index in [0.717, 1.165) is 48.1 Å². The number of nitrogens with zero attached hydrogens (tertiary/aromatic N) is 1. The van der Waals surface area contributed by atoms with Crippen LogP contribution in [0.2, 0.25) is 0 Å². The minimum atomic E-state index is -1.04. The number of carbonyl (C=O) groups excluding carboxylic acids is 2. The van der Waals surface area contributed by atoms with E-state index in [0.29, 0.717) is 29.8 Å². The fourth-order valence-electron chi connectivity index (χ4n) is 5.05. The van der Waals surface area contributed by atoms with Crippen molar-refractivity contribution in [3.8, 4) is 0 Å². The summed E-state index contributed by atoms with van der Waals surface area (Å²) >= 11 is 0. The lowest BCUT2D eigenvalue weighted by Crippen LogP contribution is -2.48. The van der Waals surface area contributed by atoms with Gasteiger partial charge in [-0.05, 0) is 60.2 Å². The summed E-state index contributed by atoms with van der Waals surface area (Å²) in [7, 11) is 0. The van der Waals surface area contributed by atoms with Gasteiger partial charge in [-0.2, -0.15) is 0 Å². The molecule has 0 aliphatic carbocycles. The third-order valence-electron chi connectivity index (χ3n) is 7.30. The molecule has 41 heavy (non-hydrogen) atoms. The molecule has 0 aliphatic heterocycles. The Morgan fingerprint density at radius 1 is 1.00 bits per heavy atom. The molecule has 3 aromatic carbocycles. The molecular weight excluding hydrogens is 524 g/mol. The number of amides is 1. The van der Waals surface area contributed by atoms with Crippen LogP contribution in [-0.2, 0) is 25.9 Å². The summed E-state index contributed by atoms with van der Waals surface area (Å²) in [5.41, 5.74) is 4.29. The molecule has 2 atom stereocenters. The molecule has 0 fully saturated rings. The third-order valence-corrected chi connectivity index (χ3v) is 7.30. The van der Waals surface area contributed by atoms with Crippen molar-refractivity contribution in [2.24, 2.45) is 0 Å². The van der Waals surface area contributed by atoms with E-state index in [1.165, 1.54) is 17.7 Å². The molecule has 216 valence electrons. The first-order valence-electron chi connectivity index (χ1n) is 14.1. The largest absolute Gasteiger partial charge is 0.390 e. The maximum Gasteiger partial charge on any atom is 0.251 e. The van der Waals surface area contributed by atoms with Gasteiger partial charge >= 0.3 is 0 Å². The molecular formula is C33H37F2N3O3. The maximum absolute atomic E-state index is 13.9.